The molecular formula is C13H21NO2. The summed E-state index contributed by atoms with van der Waals surface area (Å²) < 4.78 is 5.26. The number of hydrogen-bond acceptors (Lipinski definition) is 3. The van der Waals surface area contributed by atoms with Crippen molar-refractivity contribution < 1.29 is 9.84 Å². The molecule has 2 N–H and O–H groups in total. The largest absolute Gasteiger partial charge is 0.496 e. The Morgan fingerprint density at radius 1 is 1.31 bits per heavy atom. The fourth-order valence-electron chi connectivity index (χ4n) is 1.68. The summed E-state index contributed by atoms with van der Waals surface area (Å²) in [6.07, 6.45) is -0.306. The van der Waals surface area contributed by atoms with Crippen molar-refractivity contribution in [2.24, 2.45) is 0 Å². The fraction of sp³-hybridized carbons (Fsp3) is 0.538. The molecule has 1 atom stereocenters. The molecule has 0 radical (unpaired) electrons. The Bertz CT molecular complexity index is 348. The van der Waals surface area contributed by atoms with E-state index in [4.69, 9.17) is 9.84 Å². The average Bonchev–Trinajstić information content (AvgIpc) is 2.22. The average molecular weight is 223 g/mol. The van der Waals surface area contributed by atoms with Gasteiger partial charge in [-0.3, -0.25) is 0 Å². The molecule has 16 heavy (non-hydrogen) atoms. The molecule has 0 saturated heterocycles. The van der Waals surface area contributed by atoms with Crippen LogP contribution in [-0.4, -0.2) is 24.9 Å². The van der Waals surface area contributed by atoms with Crippen LogP contribution in [0.5, 0.6) is 5.75 Å². The Morgan fingerprint density at radius 2 is 2.00 bits per heavy atom. The van der Waals surface area contributed by atoms with Gasteiger partial charge >= 0.3 is 0 Å². The summed E-state index contributed by atoms with van der Waals surface area (Å²) in [6.45, 7) is 7.28. The van der Waals surface area contributed by atoms with E-state index in [1.807, 2.05) is 6.92 Å². The summed E-state index contributed by atoms with van der Waals surface area (Å²) in [5, 5.41) is 12.4. The number of aliphatic hydroxyl groups excluding tert-OH is 1. The molecular weight excluding hydrogens is 202 g/mol. The number of aliphatic hydroxyl groups is 1. The molecule has 1 rings (SSSR count). The van der Waals surface area contributed by atoms with E-state index in [1.54, 1.807) is 14.0 Å². The van der Waals surface area contributed by atoms with Gasteiger partial charge in [-0.2, -0.15) is 0 Å². The molecule has 1 aromatic rings. The Hall–Kier alpha value is -1.06. The number of hydrogen-bond donors (Lipinski definition) is 2. The minimum Gasteiger partial charge on any atom is -0.496 e. The lowest BCUT2D eigenvalue weighted by molar-refractivity contribution is 0.191. The van der Waals surface area contributed by atoms with Gasteiger partial charge in [-0.25, -0.2) is 0 Å². The molecule has 0 aliphatic heterocycles. The van der Waals surface area contributed by atoms with Crippen LogP contribution in [0.2, 0.25) is 0 Å². The van der Waals surface area contributed by atoms with Crippen molar-refractivity contribution in [3.05, 3.63) is 28.8 Å². The zero-order valence-corrected chi connectivity index (χ0v) is 10.5. The van der Waals surface area contributed by atoms with Crippen molar-refractivity contribution in [2.45, 2.75) is 33.4 Å². The molecule has 90 valence electrons. The third-order valence-electron chi connectivity index (χ3n) is 2.61. The molecule has 0 bridgehead atoms. The molecule has 1 unspecified atom stereocenters. The van der Waals surface area contributed by atoms with Crippen LogP contribution in [0.4, 0.5) is 0 Å². The van der Waals surface area contributed by atoms with Crippen LogP contribution in [0.25, 0.3) is 0 Å². The van der Waals surface area contributed by atoms with Crippen LogP contribution < -0.4 is 10.1 Å². The summed E-state index contributed by atoms with van der Waals surface area (Å²) in [6, 6.07) is 4.18. The third-order valence-corrected chi connectivity index (χ3v) is 2.61. The van der Waals surface area contributed by atoms with E-state index in [-0.39, 0.29) is 6.10 Å². The maximum atomic E-state index is 9.15. The first kappa shape index (κ1) is 13.0. The fourth-order valence-corrected chi connectivity index (χ4v) is 1.68. The highest BCUT2D eigenvalue weighted by molar-refractivity contribution is 5.41. The van der Waals surface area contributed by atoms with Crippen LogP contribution in [-0.2, 0) is 6.54 Å². The molecule has 3 heteroatoms. The van der Waals surface area contributed by atoms with Crippen molar-refractivity contribution in [1.29, 1.82) is 0 Å². The monoisotopic (exact) mass is 223 g/mol. The SMILES string of the molecule is COc1cc(C)c(CNCC(C)O)cc1C. The van der Waals surface area contributed by atoms with Gasteiger partial charge in [0, 0.05) is 13.1 Å². The van der Waals surface area contributed by atoms with Crippen LogP contribution in [0.15, 0.2) is 12.1 Å². The summed E-state index contributed by atoms with van der Waals surface area (Å²) in [7, 11) is 1.69. The van der Waals surface area contributed by atoms with Crippen molar-refractivity contribution in [3.8, 4) is 5.75 Å². The van der Waals surface area contributed by atoms with E-state index in [2.05, 4.69) is 24.4 Å². The topological polar surface area (TPSA) is 41.5 Å². The smallest absolute Gasteiger partial charge is 0.122 e. The number of benzene rings is 1. The van der Waals surface area contributed by atoms with E-state index >= 15 is 0 Å². The van der Waals surface area contributed by atoms with E-state index in [0.29, 0.717) is 6.54 Å². The minimum absolute atomic E-state index is 0.306. The van der Waals surface area contributed by atoms with Gasteiger partial charge in [-0.05, 0) is 43.5 Å². The Morgan fingerprint density at radius 3 is 2.56 bits per heavy atom. The van der Waals surface area contributed by atoms with Crippen molar-refractivity contribution in [2.75, 3.05) is 13.7 Å². The quantitative estimate of drug-likeness (QED) is 0.799. The lowest BCUT2D eigenvalue weighted by Crippen LogP contribution is -2.24. The number of rotatable bonds is 5. The first-order valence-corrected chi connectivity index (χ1v) is 5.57. The standard InChI is InChI=1S/C13H21NO2/c1-9-6-13(16-4)10(2)5-12(9)8-14-7-11(3)15/h5-6,11,14-15H,7-8H2,1-4H3. The Balaban J connectivity index is 2.70. The van der Waals surface area contributed by atoms with E-state index in [0.717, 1.165) is 17.9 Å². The number of aryl methyl sites for hydroxylation is 2. The Labute approximate surface area is 97.4 Å². The second-order valence-corrected chi connectivity index (χ2v) is 4.23. The van der Waals surface area contributed by atoms with Gasteiger partial charge in [-0.1, -0.05) is 6.07 Å². The molecule has 0 aliphatic rings. The molecule has 0 saturated carbocycles. The van der Waals surface area contributed by atoms with E-state index in [1.165, 1.54) is 11.1 Å². The van der Waals surface area contributed by atoms with E-state index < -0.39 is 0 Å². The van der Waals surface area contributed by atoms with Crippen molar-refractivity contribution in [3.63, 3.8) is 0 Å². The van der Waals surface area contributed by atoms with Gasteiger partial charge in [0.15, 0.2) is 0 Å². The van der Waals surface area contributed by atoms with Gasteiger partial charge in [0.25, 0.3) is 0 Å². The highest BCUT2D eigenvalue weighted by Crippen LogP contribution is 2.22. The van der Waals surface area contributed by atoms with Crippen LogP contribution in [0.3, 0.4) is 0 Å². The molecule has 0 fully saturated rings. The predicted molar refractivity (Wildman–Crippen MR) is 65.9 cm³/mol. The van der Waals surface area contributed by atoms with Crippen molar-refractivity contribution >= 4 is 0 Å². The zero-order valence-electron chi connectivity index (χ0n) is 10.5. The highest BCUT2D eigenvalue weighted by Gasteiger charge is 2.04. The first-order valence-electron chi connectivity index (χ1n) is 5.57. The van der Waals surface area contributed by atoms with Crippen LogP contribution in [0, 0.1) is 13.8 Å². The lowest BCUT2D eigenvalue weighted by atomic mass is 10.0. The summed E-state index contributed by atoms with van der Waals surface area (Å²) in [5.41, 5.74) is 3.60. The van der Waals surface area contributed by atoms with Gasteiger partial charge in [-0.15, -0.1) is 0 Å². The molecule has 0 spiro atoms. The van der Waals surface area contributed by atoms with Gasteiger partial charge in [0.2, 0.25) is 0 Å². The minimum atomic E-state index is -0.306. The van der Waals surface area contributed by atoms with Gasteiger partial charge in [0.1, 0.15) is 5.75 Å². The van der Waals surface area contributed by atoms with Crippen molar-refractivity contribution in [1.82, 2.24) is 5.32 Å². The second-order valence-electron chi connectivity index (χ2n) is 4.23. The summed E-state index contributed by atoms with van der Waals surface area (Å²) >= 11 is 0. The molecule has 0 aromatic heterocycles. The number of nitrogens with one attached hydrogen (secondary N) is 1. The zero-order chi connectivity index (χ0) is 12.1. The molecule has 0 heterocycles. The Kier molecular flexibility index (Phi) is 4.77. The van der Waals surface area contributed by atoms with Crippen LogP contribution >= 0.6 is 0 Å². The predicted octanol–water partition coefficient (Wildman–Crippen LogP) is 1.78. The molecule has 0 amide bonds. The number of ether oxygens (including phenoxy) is 1. The summed E-state index contributed by atoms with van der Waals surface area (Å²) in [5.74, 6) is 0.928. The highest BCUT2D eigenvalue weighted by atomic mass is 16.5. The maximum absolute atomic E-state index is 9.15. The van der Waals surface area contributed by atoms with Gasteiger partial charge in [0.05, 0.1) is 13.2 Å². The maximum Gasteiger partial charge on any atom is 0.122 e. The normalized spacial score (nSPS) is 12.6. The first-order chi connectivity index (χ1) is 7.54. The van der Waals surface area contributed by atoms with E-state index in [9.17, 15) is 0 Å². The number of methoxy groups -OCH3 is 1. The third kappa shape index (κ3) is 3.51. The molecule has 3 nitrogen and oxygen atoms in total. The summed E-state index contributed by atoms with van der Waals surface area (Å²) in [4.78, 5) is 0. The van der Waals surface area contributed by atoms with Crippen LogP contribution in [0.1, 0.15) is 23.6 Å². The second kappa shape index (κ2) is 5.87. The lowest BCUT2D eigenvalue weighted by Gasteiger charge is -2.12. The molecule has 1 aromatic carbocycles. The molecule has 0 aliphatic carbocycles. The van der Waals surface area contributed by atoms with Gasteiger partial charge < -0.3 is 15.2 Å².